The van der Waals surface area contributed by atoms with Crippen LogP contribution < -0.4 is 0 Å². The van der Waals surface area contributed by atoms with E-state index < -0.39 is 11.8 Å². The first-order valence-corrected chi connectivity index (χ1v) is 7.79. The second kappa shape index (κ2) is 5.79. The van der Waals surface area contributed by atoms with Crippen molar-refractivity contribution in [2.45, 2.75) is 10.8 Å². The predicted octanol–water partition coefficient (Wildman–Crippen LogP) is 3.82. The molecular weight excluding hydrogens is 311 g/mol. The van der Waals surface area contributed by atoms with Crippen molar-refractivity contribution in [2.75, 3.05) is 0 Å². The summed E-state index contributed by atoms with van der Waals surface area (Å²) in [6, 6.07) is 6.39. The molecule has 0 aliphatic rings. The molecule has 1 aromatic carbocycles. The molecule has 0 spiro atoms. The molecular formula is C14H9FN2O2S2. The minimum absolute atomic E-state index is 0.177. The van der Waals surface area contributed by atoms with Gasteiger partial charge in [-0.2, -0.15) is 0 Å². The molecule has 4 nitrogen and oxygen atoms in total. The van der Waals surface area contributed by atoms with E-state index in [4.69, 9.17) is 0 Å². The molecule has 0 amide bonds. The number of carboxylic acid groups (broad SMARTS) is 1. The van der Waals surface area contributed by atoms with Crippen LogP contribution >= 0.6 is 23.1 Å². The molecule has 0 radical (unpaired) electrons. The second-order valence-corrected chi connectivity index (χ2v) is 6.21. The molecule has 7 heteroatoms. The number of hydrogen-bond donors (Lipinski definition) is 1. The molecule has 2 aromatic heterocycles. The first kappa shape index (κ1) is 14.0. The van der Waals surface area contributed by atoms with Gasteiger partial charge >= 0.3 is 5.97 Å². The van der Waals surface area contributed by atoms with Gasteiger partial charge in [-0.1, -0.05) is 6.07 Å². The highest BCUT2D eigenvalue weighted by Gasteiger charge is 2.20. The van der Waals surface area contributed by atoms with Gasteiger partial charge in [-0.3, -0.25) is 0 Å². The molecule has 1 N–H and O–H groups in total. The quantitative estimate of drug-likeness (QED) is 0.585. The lowest BCUT2D eigenvalue weighted by Crippen LogP contribution is -1.97. The summed E-state index contributed by atoms with van der Waals surface area (Å²) in [4.78, 5) is 19.4. The fraction of sp³-hybridized carbons (Fsp3) is 0.0714. The minimum atomic E-state index is -1.03. The maximum absolute atomic E-state index is 14.0. The third kappa shape index (κ3) is 2.74. The Morgan fingerprint density at radius 1 is 1.38 bits per heavy atom. The maximum atomic E-state index is 14.0. The van der Waals surface area contributed by atoms with Crippen molar-refractivity contribution in [3.63, 3.8) is 0 Å². The Labute approximate surface area is 127 Å². The number of aromatic carboxylic acids is 1. The molecule has 106 valence electrons. The Hall–Kier alpha value is -1.99. The number of halogens is 1. The number of rotatable bonds is 4. The third-order valence-electron chi connectivity index (χ3n) is 2.88. The highest BCUT2D eigenvalue weighted by atomic mass is 32.2. The molecule has 21 heavy (non-hydrogen) atoms. The Balaban J connectivity index is 2.03. The van der Waals surface area contributed by atoms with Crippen molar-refractivity contribution in [3.05, 3.63) is 53.0 Å². The minimum Gasteiger partial charge on any atom is -0.477 e. The SMILES string of the molecule is O=C(O)c1sc2cccc(F)c2c1CSc1ccncn1. The Morgan fingerprint density at radius 3 is 2.95 bits per heavy atom. The van der Waals surface area contributed by atoms with Crippen molar-refractivity contribution in [3.8, 4) is 0 Å². The van der Waals surface area contributed by atoms with E-state index in [1.807, 2.05) is 0 Å². The van der Waals surface area contributed by atoms with E-state index in [9.17, 15) is 14.3 Å². The summed E-state index contributed by atoms with van der Waals surface area (Å²) in [6.45, 7) is 0. The molecule has 3 aromatic rings. The van der Waals surface area contributed by atoms with Gasteiger partial charge in [0.15, 0.2) is 0 Å². The maximum Gasteiger partial charge on any atom is 0.346 e. The third-order valence-corrected chi connectivity index (χ3v) is 5.03. The molecule has 3 rings (SSSR count). The number of benzene rings is 1. The summed E-state index contributed by atoms with van der Waals surface area (Å²) < 4.78 is 14.7. The van der Waals surface area contributed by atoms with E-state index in [0.717, 1.165) is 16.4 Å². The zero-order valence-electron chi connectivity index (χ0n) is 10.6. The van der Waals surface area contributed by atoms with E-state index >= 15 is 0 Å². The Morgan fingerprint density at radius 2 is 2.24 bits per heavy atom. The van der Waals surface area contributed by atoms with Gasteiger partial charge in [-0.25, -0.2) is 19.2 Å². The number of thiophene rings is 1. The Bertz CT molecular complexity index is 805. The van der Waals surface area contributed by atoms with Gasteiger partial charge in [0.2, 0.25) is 0 Å². The fourth-order valence-corrected chi connectivity index (χ4v) is 4.01. The van der Waals surface area contributed by atoms with Gasteiger partial charge in [0.1, 0.15) is 17.0 Å². The number of fused-ring (bicyclic) bond motifs is 1. The molecule has 0 aliphatic heterocycles. The van der Waals surface area contributed by atoms with Crippen molar-refractivity contribution >= 4 is 39.2 Å². The van der Waals surface area contributed by atoms with Crippen LogP contribution in [0.15, 0.2) is 41.8 Å². The van der Waals surface area contributed by atoms with E-state index in [1.54, 1.807) is 24.4 Å². The van der Waals surface area contributed by atoms with Crippen LogP contribution in [0.5, 0.6) is 0 Å². The van der Waals surface area contributed by atoms with Gasteiger partial charge < -0.3 is 5.11 Å². The van der Waals surface area contributed by atoms with Gasteiger partial charge in [-0.15, -0.1) is 23.1 Å². The lowest BCUT2D eigenvalue weighted by atomic mass is 10.1. The Kier molecular flexibility index (Phi) is 3.85. The number of nitrogens with zero attached hydrogens (tertiary/aromatic N) is 2. The summed E-state index contributed by atoms with van der Waals surface area (Å²) in [7, 11) is 0. The largest absolute Gasteiger partial charge is 0.477 e. The summed E-state index contributed by atoms with van der Waals surface area (Å²) >= 11 is 2.45. The van der Waals surface area contributed by atoms with Crippen molar-refractivity contribution in [1.29, 1.82) is 0 Å². The summed E-state index contributed by atoms with van der Waals surface area (Å²) in [5.41, 5.74) is 0.504. The van der Waals surface area contributed by atoms with Crippen LogP contribution in [0.25, 0.3) is 10.1 Å². The van der Waals surface area contributed by atoms with Crippen LogP contribution in [0.2, 0.25) is 0 Å². The highest BCUT2D eigenvalue weighted by molar-refractivity contribution is 7.98. The van der Waals surface area contributed by atoms with Gasteiger partial charge in [0, 0.05) is 22.0 Å². The van der Waals surface area contributed by atoms with Crippen LogP contribution in [-0.2, 0) is 5.75 Å². The molecule has 2 heterocycles. The second-order valence-electron chi connectivity index (χ2n) is 4.16. The van der Waals surface area contributed by atoms with E-state index in [1.165, 1.54) is 24.2 Å². The summed E-state index contributed by atoms with van der Waals surface area (Å²) in [5, 5.41) is 10.4. The average molecular weight is 320 g/mol. The van der Waals surface area contributed by atoms with Crippen LogP contribution in [0.4, 0.5) is 4.39 Å². The molecule has 0 bridgehead atoms. The van der Waals surface area contributed by atoms with Gasteiger partial charge in [0.25, 0.3) is 0 Å². The molecule has 0 saturated heterocycles. The molecule has 0 fully saturated rings. The molecule has 0 atom stereocenters. The molecule has 0 unspecified atom stereocenters. The first-order valence-electron chi connectivity index (χ1n) is 5.99. The average Bonchev–Trinajstić information content (AvgIpc) is 2.86. The standard InChI is InChI=1S/C14H9FN2O2S2/c15-9-2-1-3-10-12(9)8(13(21-10)14(18)19)6-20-11-4-5-16-7-17-11/h1-5,7H,6H2,(H,18,19). The van der Waals surface area contributed by atoms with Crippen molar-refractivity contribution in [2.24, 2.45) is 0 Å². The first-order chi connectivity index (χ1) is 10.2. The topological polar surface area (TPSA) is 63.1 Å². The normalized spacial score (nSPS) is 10.9. The molecule has 0 saturated carbocycles. The lowest BCUT2D eigenvalue weighted by Gasteiger charge is -2.02. The van der Waals surface area contributed by atoms with Crippen molar-refractivity contribution < 1.29 is 14.3 Å². The number of aromatic nitrogens is 2. The summed E-state index contributed by atoms with van der Waals surface area (Å²) in [5.74, 6) is -1.08. The van der Waals surface area contributed by atoms with E-state index in [2.05, 4.69) is 9.97 Å². The smallest absolute Gasteiger partial charge is 0.346 e. The fourth-order valence-electron chi connectivity index (χ4n) is 1.99. The lowest BCUT2D eigenvalue weighted by molar-refractivity contribution is 0.0701. The van der Waals surface area contributed by atoms with Gasteiger partial charge in [-0.05, 0) is 23.8 Å². The number of thioether (sulfide) groups is 1. The highest BCUT2D eigenvalue weighted by Crippen LogP contribution is 2.36. The van der Waals surface area contributed by atoms with Crippen LogP contribution in [0.1, 0.15) is 15.2 Å². The monoisotopic (exact) mass is 320 g/mol. The number of hydrogen-bond acceptors (Lipinski definition) is 5. The zero-order valence-corrected chi connectivity index (χ0v) is 12.2. The van der Waals surface area contributed by atoms with Crippen LogP contribution in [0, 0.1) is 5.82 Å². The van der Waals surface area contributed by atoms with E-state index in [0.29, 0.717) is 21.4 Å². The van der Waals surface area contributed by atoms with E-state index in [-0.39, 0.29) is 4.88 Å². The van der Waals surface area contributed by atoms with Crippen LogP contribution in [0.3, 0.4) is 0 Å². The molecule has 0 aliphatic carbocycles. The predicted molar refractivity (Wildman–Crippen MR) is 80.3 cm³/mol. The number of carboxylic acids is 1. The van der Waals surface area contributed by atoms with Crippen molar-refractivity contribution in [1.82, 2.24) is 9.97 Å². The zero-order chi connectivity index (χ0) is 14.8. The van der Waals surface area contributed by atoms with Crippen LogP contribution in [-0.4, -0.2) is 21.0 Å². The summed E-state index contributed by atoms with van der Waals surface area (Å²) in [6.07, 6.45) is 3.03. The van der Waals surface area contributed by atoms with Gasteiger partial charge in [0.05, 0.1) is 5.03 Å². The number of carbonyl (C=O) groups is 1.